The highest BCUT2D eigenvalue weighted by molar-refractivity contribution is 5.83. The molecule has 3 rings (SSSR count). The monoisotopic (exact) mass is 470 g/mol. The number of carbonyl (C=O) groups excluding carboxylic acids is 1. The average Bonchev–Trinajstić information content (AvgIpc) is 2.83. The van der Waals surface area contributed by atoms with E-state index in [4.69, 9.17) is 13.9 Å². The predicted molar refractivity (Wildman–Crippen MR) is 127 cm³/mol. The number of ether oxygens (including phenoxy) is 2. The summed E-state index contributed by atoms with van der Waals surface area (Å²) in [5.41, 5.74) is 2.34. The molecule has 2 aromatic carbocycles. The predicted octanol–water partition coefficient (Wildman–Crippen LogP) is 6.33. The zero-order valence-corrected chi connectivity index (χ0v) is 19.2. The lowest BCUT2D eigenvalue weighted by atomic mass is 9.98. The molecule has 0 N–H and O–H groups in total. The topological polar surface area (TPSA) is 65.7 Å². The van der Waals surface area contributed by atoms with E-state index in [1.807, 2.05) is 31.2 Å². The van der Waals surface area contributed by atoms with Crippen molar-refractivity contribution in [2.24, 2.45) is 0 Å². The molecular formula is C27H28F2O5. The number of fused-ring (bicyclic) bond motifs is 1. The molecule has 0 amide bonds. The fourth-order valence-corrected chi connectivity index (χ4v) is 3.67. The number of carbonyl (C=O) groups is 1. The largest absolute Gasteiger partial charge is 0.493 e. The number of halogens is 2. The van der Waals surface area contributed by atoms with Crippen molar-refractivity contribution in [1.29, 1.82) is 0 Å². The maximum absolute atomic E-state index is 14.0. The molecule has 1 aromatic heterocycles. The second-order valence-corrected chi connectivity index (χ2v) is 7.94. The summed E-state index contributed by atoms with van der Waals surface area (Å²) in [6, 6.07) is 14.6. The van der Waals surface area contributed by atoms with Crippen molar-refractivity contribution in [1.82, 2.24) is 0 Å². The van der Waals surface area contributed by atoms with Gasteiger partial charge >= 0.3 is 11.6 Å². The van der Waals surface area contributed by atoms with Crippen molar-refractivity contribution in [3.63, 3.8) is 0 Å². The molecule has 5 nitrogen and oxygen atoms in total. The lowest BCUT2D eigenvalue weighted by molar-refractivity contribution is -0.138. The Hall–Kier alpha value is -3.48. The number of hydrogen-bond donors (Lipinski definition) is 0. The molecule has 3 aromatic rings. The van der Waals surface area contributed by atoms with E-state index >= 15 is 0 Å². The summed E-state index contributed by atoms with van der Waals surface area (Å²) in [7, 11) is 0. The van der Waals surface area contributed by atoms with E-state index in [0.29, 0.717) is 16.9 Å². The van der Waals surface area contributed by atoms with Crippen molar-refractivity contribution in [2.75, 3.05) is 13.2 Å². The summed E-state index contributed by atoms with van der Waals surface area (Å²) < 4.78 is 43.8. The Bertz CT molecular complexity index is 1200. The van der Waals surface area contributed by atoms with Gasteiger partial charge in [0.2, 0.25) is 5.92 Å². The molecule has 0 bridgehead atoms. The minimum Gasteiger partial charge on any atom is -0.493 e. The fraction of sp³-hybridized carbons (Fsp3) is 0.333. The third kappa shape index (κ3) is 6.76. The Morgan fingerprint density at radius 3 is 2.53 bits per heavy atom. The lowest BCUT2D eigenvalue weighted by Crippen LogP contribution is -2.18. The van der Waals surface area contributed by atoms with Crippen LogP contribution in [0.15, 0.2) is 70.4 Å². The minimum absolute atomic E-state index is 0.0645. The quantitative estimate of drug-likeness (QED) is 0.134. The number of hydrogen-bond acceptors (Lipinski definition) is 5. The van der Waals surface area contributed by atoms with Crippen molar-refractivity contribution in [2.45, 2.75) is 45.0 Å². The van der Waals surface area contributed by atoms with E-state index in [2.05, 4.69) is 6.58 Å². The maximum atomic E-state index is 14.0. The van der Waals surface area contributed by atoms with E-state index in [0.717, 1.165) is 29.0 Å². The highest BCUT2D eigenvalue weighted by Crippen LogP contribution is 2.28. The Morgan fingerprint density at radius 1 is 1.06 bits per heavy atom. The van der Waals surface area contributed by atoms with Gasteiger partial charge in [-0.15, -0.1) is 0 Å². The van der Waals surface area contributed by atoms with Gasteiger partial charge in [-0.05, 0) is 48.6 Å². The Kier molecular flexibility index (Phi) is 8.57. The van der Waals surface area contributed by atoms with Crippen LogP contribution in [0.25, 0.3) is 22.1 Å². The van der Waals surface area contributed by atoms with E-state index in [1.54, 1.807) is 24.3 Å². The van der Waals surface area contributed by atoms with Crippen LogP contribution in [0.5, 0.6) is 5.75 Å². The molecule has 0 saturated heterocycles. The SMILES string of the molecule is C=CC(=O)OCCCC(F)(F)CCCOc1ccc2cc(-c3ccccc3CC)c(=O)oc2c1. The van der Waals surface area contributed by atoms with Gasteiger partial charge in [-0.25, -0.2) is 18.4 Å². The molecule has 0 unspecified atom stereocenters. The molecule has 7 heteroatoms. The first-order valence-corrected chi connectivity index (χ1v) is 11.3. The third-order valence-electron chi connectivity index (χ3n) is 5.45. The second kappa shape index (κ2) is 11.6. The van der Waals surface area contributed by atoms with Crippen molar-refractivity contribution < 1.29 is 27.5 Å². The molecule has 0 aliphatic heterocycles. The molecule has 34 heavy (non-hydrogen) atoms. The van der Waals surface area contributed by atoms with Gasteiger partial charge in [0, 0.05) is 30.4 Å². The van der Waals surface area contributed by atoms with Crippen LogP contribution in [-0.2, 0) is 16.0 Å². The van der Waals surface area contributed by atoms with Gasteiger partial charge in [-0.3, -0.25) is 0 Å². The van der Waals surface area contributed by atoms with Crippen LogP contribution >= 0.6 is 0 Å². The molecule has 0 aliphatic rings. The molecule has 0 fully saturated rings. The number of rotatable bonds is 12. The smallest absolute Gasteiger partial charge is 0.344 e. The first-order chi connectivity index (χ1) is 16.3. The van der Waals surface area contributed by atoms with Crippen molar-refractivity contribution in [3.8, 4) is 16.9 Å². The highest BCUT2D eigenvalue weighted by Gasteiger charge is 2.27. The minimum atomic E-state index is -2.87. The fourth-order valence-electron chi connectivity index (χ4n) is 3.67. The average molecular weight is 471 g/mol. The molecule has 0 radical (unpaired) electrons. The van der Waals surface area contributed by atoms with E-state index in [9.17, 15) is 18.4 Å². The molecule has 1 heterocycles. The van der Waals surface area contributed by atoms with Crippen LogP contribution in [-0.4, -0.2) is 25.1 Å². The van der Waals surface area contributed by atoms with Crippen LogP contribution in [0.3, 0.4) is 0 Å². The molecule has 0 saturated carbocycles. The lowest BCUT2D eigenvalue weighted by Gasteiger charge is -2.16. The van der Waals surface area contributed by atoms with Crippen LogP contribution in [0.4, 0.5) is 8.78 Å². The summed E-state index contributed by atoms with van der Waals surface area (Å²) >= 11 is 0. The first kappa shape index (κ1) is 25.1. The van der Waals surface area contributed by atoms with Crippen molar-refractivity contribution >= 4 is 16.9 Å². The van der Waals surface area contributed by atoms with E-state index in [1.165, 1.54) is 0 Å². The molecule has 0 atom stereocenters. The number of benzene rings is 2. The highest BCUT2D eigenvalue weighted by atomic mass is 19.3. The Labute approximate surface area is 197 Å². The van der Waals surface area contributed by atoms with Gasteiger partial charge < -0.3 is 13.9 Å². The van der Waals surface area contributed by atoms with Gasteiger partial charge in [0.1, 0.15) is 11.3 Å². The van der Waals surface area contributed by atoms with Crippen molar-refractivity contribution in [3.05, 3.63) is 77.2 Å². The molecular weight excluding hydrogens is 442 g/mol. The van der Waals surface area contributed by atoms with Gasteiger partial charge in [0.05, 0.1) is 18.8 Å². The van der Waals surface area contributed by atoms with Crippen LogP contribution < -0.4 is 10.4 Å². The summed E-state index contributed by atoms with van der Waals surface area (Å²) in [5, 5.41) is 0.747. The van der Waals surface area contributed by atoms with Crippen LogP contribution in [0.1, 0.15) is 38.2 Å². The van der Waals surface area contributed by atoms with E-state index < -0.39 is 17.5 Å². The standard InChI is InChI=1S/C27H28F2O5/c1-3-19-9-5-6-10-22(19)23-17-20-11-12-21(18-24(20)34-26(23)31)32-15-7-13-27(28,29)14-8-16-33-25(30)4-2/h4-6,9-12,17-18H,2-3,7-8,13-16H2,1H3. The maximum Gasteiger partial charge on any atom is 0.344 e. The molecule has 0 spiro atoms. The number of aryl methyl sites for hydroxylation is 1. The second-order valence-electron chi connectivity index (χ2n) is 7.94. The molecule has 0 aliphatic carbocycles. The number of alkyl halides is 2. The Morgan fingerprint density at radius 2 is 1.79 bits per heavy atom. The Balaban J connectivity index is 1.56. The third-order valence-corrected chi connectivity index (χ3v) is 5.45. The van der Waals surface area contributed by atoms with E-state index in [-0.39, 0.29) is 38.9 Å². The van der Waals surface area contributed by atoms with Crippen LogP contribution in [0.2, 0.25) is 0 Å². The summed E-state index contributed by atoms with van der Waals surface area (Å²) in [6.45, 7) is 5.31. The van der Waals surface area contributed by atoms with Gasteiger partial charge in [0.25, 0.3) is 0 Å². The first-order valence-electron chi connectivity index (χ1n) is 11.3. The van der Waals surface area contributed by atoms with Gasteiger partial charge in [-0.1, -0.05) is 37.8 Å². The normalized spacial score (nSPS) is 11.4. The zero-order valence-electron chi connectivity index (χ0n) is 19.2. The summed E-state index contributed by atoms with van der Waals surface area (Å²) in [6.07, 6.45) is 1.30. The van der Waals surface area contributed by atoms with Gasteiger partial charge in [-0.2, -0.15) is 0 Å². The van der Waals surface area contributed by atoms with Crippen LogP contribution in [0, 0.1) is 0 Å². The number of esters is 1. The van der Waals surface area contributed by atoms with Gasteiger partial charge in [0.15, 0.2) is 0 Å². The summed E-state index contributed by atoms with van der Waals surface area (Å²) in [5.74, 6) is -3.05. The molecule has 180 valence electrons. The zero-order chi connectivity index (χ0) is 24.6. The summed E-state index contributed by atoms with van der Waals surface area (Å²) in [4.78, 5) is 23.5.